The molecule has 2 aromatic rings. The Morgan fingerprint density at radius 1 is 0.700 bits per heavy atom. The van der Waals surface area contributed by atoms with Gasteiger partial charge in [-0.1, -0.05) is 19.1 Å². The summed E-state index contributed by atoms with van der Waals surface area (Å²) in [5.41, 5.74) is 3.42. The van der Waals surface area contributed by atoms with Crippen LogP contribution in [0.25, 0.3) is 12.2 Å². The average Bonchev–Trinajstić information content (AvgIpc) is 2.76. The molecule has 3 rings (SSSR count). The number of hydrogen-bond acceptors (Lipinski definition) is 5. The standard InChI is InChI=1S/C25H28O5/c1-16-10-19(12-17-6-8-21(27-2)23(14-17)29-4)25(26)20(11-16)13-18-7-9-22(28-3)24(15-18)30-5/h6-9,12-16H,10-11H2,1-5H3/b19-12-,20-13+. The van der Waals surface area contributed by atoms with Gasteiger partial charge in [0.2, 0.25) is 0 Å². The topological polar surface area (TPSA) is 54.0 Å². The summed E-state index contributed by atoms with van der Waals surface area (Å²) < 4.78 is 21.4. The van der Waals surface area contributed by atoms with Crippen LogP contribution in [0.1, 0.15) is 30.9 Å². The third kappa shape index (κ3) is 4.67. The normalized spacial score (nSPS) is 19.1. The summed E-state index contributed by atoms with van der Waals surface area (Å²) in [5, 5.41) is 0. The lowest BCUT2D eigenvalue weighted by atomic mass is 9.81. The van der Waals surface area contributed by atoms with E-state index in [-0.39, 0.29) is 5.78 Å². The number of allylic oxidation sites excluding steroid dienone is 2. The number of carbonyl (C=O) groups excluding carboxylic acids is 1. The van der Waals surface area contributed by atoms with Gasteiger partial charge in [0.25, 0.3) is 0 Å². The SMILES string of the molecule is COc1ccc(/C=C2/CC(C)C/C(=C\c3ccc(OC)c(OC)c3)C2=O)cc1OC. The van der Waals surface area contributed by atoms with Gasteiger partial charge >= 0.3 is 0 Å². The van der Waals surface area contributed by atoms with Crippen LogP contribution in [0.2, 0.25) is 0 Å². The molecule has 158 valence electrons. The van der Waals surface area contributed by atoms with E-state index >= 15 is 0 Å². The molecular formula is C25H28O5. The number of hydrogen-bond donors (Lipinski definition) is 0. The Bertz CT molecular complexity index is 910. The predicted octanol–water partition coefficient (Wildman–Crippen LogP) is 5.19. The molecule has 2 aromatic carbocycles. The minimum atomic E-state index is 0.0812. The van der Waals surface area contributed by atoms with Crippen LogP contribution in [0.15, 0.2) is 47.5 Å². The van der Waals surface area contributed by atoms with Gasteiger partial charge in [-0.2, -0.15) is 0 Å². The molecule has 0 bridgehead atoms. The van der Waals surface area contributed by atoms with Crippen LogP contribution >= 0.6 is 0 Å². The van der Waals surface area contributed by atoms with E-state index in [9.17, 15) is 4.79 Å². The number of rotatable bonds is 6. The van der Waals surface area contributed by atoms with Crippen LogP contribution < -0.4 is 18.9 Å². The molecule has 1 unspecified atom stereocenters. The number of carbonyl (C=O) groups is 1. The minimum absolute atomic E-state index is 0.0812. The molecule has 0 aliphatic heterocycles. The van der Waals surface area contributed by atoms with Crippen LogP contribution in [0.3, 0.4) is 0 Å². The number of ketones is 1. The van der Waals surface area contributed by atoms with Crippen molar-refractivity contribution < 1.29 is 23.7 Å². The Kier molecular flexibility index (Phi) is 6.83. The largest absolute Gasteiger partial charge is 0.493 e. The third-order valence-corrected chi connectivity index (χ3v) is 5.22. The molecule has 1 fully saturated rings. The Balaban J connectivity index is 1.93. The van der Waals surface area contributed by atoms with Gasteiger partial charge in [-0.25, -0.2) is 0 Å². The molecule has 1 saturated carbocycles. The Hall–Kier alpha value is -3.21. The van der Waals surface area contributed by atoms with Crippen LogP contribution in [0.5, 0.6) is 23.0 Å². The van der Waals surface area contributed by atoms with E-state index in [2.05, 4.69) is 6.92 Å². The predicted molar refractivity (Wildman–Crippen MR) is 118 cm³/mol. The maximum Gasteiger partial charge on any atom is 0.185 e. The van der Waals surface area contributed by atoms with Crippen molar-refractivity contribution in [1.82, 2.24) is 0 Å². The van der Waals surface area contributed by atoms with Gasteiger partial charge in [-0.3, -0.25) is 4.79 Å². The van der Waals surface area contributed by atoms with Crippen molar-refractivity contribution in [2.45, 2.75) is 19.8 Å². The van der Waals surface area contributed by atoms with Gasteiger partial charge in [0.15, 0.2) is 28.8 Å². The molecule has 0 heterocycles. The van der Waals surface area contributed by atoms with E-state index in [1.165, 1.54) is 0 Å². The lowest BCUT2D eigenvalue weighted by Crippen LogP contribution is -2.18. The van der Waals surface area contributed by atoms with Crippen molar-refractivity contribution in [2.24, 2.45) is 5.92 Å². The van der Waals surface area contributed by atoms with Gasteiger partial charge in [0.1, 0.15) is 0 Å². The van der Waals surface area contributed by atoms with Gasteiger partial charge in [-0.15, -0.1) is 0 Å². The third-order valence-electron chi connectivity index (χ3n) is 5.22. The number of methoxy groups -OCH3 is 4. The quantitative estimate of drug-likeness (QED) is 0.616. The van der Waals surface area contributed by atoms with Gasteiger partial charge < -0.3 is 18.9 Å². The van der Waals surface area contributed by atoms with Gasteiger partial charge in [0, 0.05) is 11.1 Å². The molecule has 30 heavy (non-hydrogen) atoms. The minimum Gasteiger partial charge on any atom is -0.493 e. The summed E-state index contributed by atoms with van der Waals surface area (Å²) in [7, 11) is 6.42. The van der Waals surface area contributed by atoms with Crippen molar-refractivity contribution in [3.63, 3.8) is 0 Å². The zero-order valence-corrected chi connectivity index (χ0v) is 18.2. The van der Waals surface area contributed by atoms with E-state index in [0.29, 0.717) is 28.9 Å². The Labute approximate surface area is 177 Å². The van der Waals surface area contributed by atoms with Crippen molar-refractivity contribution >= 4 is 17.9 Å². The molecule has 0 N–H and O–H groups in total. The first-order valence-electron chi connectivity index (χ1n) is 9.89. The molecule has 0 amide bonds. The van der Waals surface area contributed by atoms with E-state index in [1.807, 2.05) is 48.6 Å². The second-order valence-corrected chi connectivity index (χ2v) is 7.41. The highest BCUT2D eigenvalue weighted by molar-refractivity contribution is 6.14. The highest BCUT2D eigenvalue weighted by Gasteiger charge is 2.25. The summed E-state index contributed by atoms with van der Waals surface area (Å²) in [5.74, 6) is 3.07. The first kappa shape index (κ1) is 21.5. The lowest BCUT2D eigenvalue weighted by molar-refractivity contribution is -0.113. The van der Waals surface area contributed by atoms with E-state index in [1.54, 1.807) is 28.4 Å². The number of ether oxygens (including phenoxy) is 4. The lowest BCUT2D eigenvalue weighted by Gasteiger charge is -2.23. The summed E-state index contributed by atoms with van der Waals surface area (Å²) in [6, 6.07) is 11.3. The van der Waals surface area contributed by atoms with Gasteiger partial charge in [0.05, 0.1) is 28.4 Å². The monoisotopic (exact) mass is 408 g/mol. The van der Waals surface area contributed by atoms with Crippen LogP contribution in [-0.4, -0.2) is 34.2 Å². The molecule has 0 saturated heterocycles. The zero-order chi connectivity index (χ0) is 21.7. The van der Waals surface area contributed by atoms with Crippen molar-refractivity contribution in [2.75, 3.05) is 28.4 Å². The van der Waals surface area contributed by atoms with Crippen LogP contribution in [0, 0.1) is 5.92 Å². The summed E-state index contributed by atoms with van der Waals surface area (Å²) in [6.45, 7) is 2.16. The maximum atomic E-state index is 13.2. The molecule has 0 aromatic heterocycles. The first-order valence-corrected chi connectivity index (χ1v) is 9.89. The first-order chi connectivity index (χ1) is 14.5. The molecule has 0 spiro atoms. The maximum absolute atomic E-state index is 13.2. The molecule has 5 nitrogen and oxygen atoms in total. The summed E-state index contributed by atoms with van der Waals surface area (Å²) in [4.78, 5) is 13.2. The van der Waals surface area contributed by atoms with E-state index in [4.69, 9.17) is 18.9 Å². The van der Waals surface area contributed by atoms with Gasteiger partial charge in [-0.05, 0) is 66.3 Å². The second-order valence-electron chi connectivity index (χ2n) is 7.41. The van der Waals surface area contributed by atoms with E-state index in [0.717, 1.165) is 35.1 Å². The Morgan fingerprint density at radius 2 is 1.10 bits per heavy atom. The Morgan fingerprint density at radius 3 is 1.47 bits per heavy atom. The zero-order valence-electron chi connectivity index (χ0n) is 18.2. The second kappa shape index (κ2) is 9.53. The van der Waals surface area contributed by atoms with Crippen LogP contribution in [0.4, 0.5) is 0 Å². The highest BCUT2D eigenvalue weighted by Crippen LogP contribution is 2.35. The molecule has 0 radical (unpaired) electrons. The van der Waals surface area contributed by atoms with E-state index < -0.39 is 0 Å². The summed E-state index contributed by atoms with van der Waals surface area (Å²) >= 11 is 0. The molecule has 5 heteroatoms. The van der Waals surface area contributed by atoms with Crippen molar-refractivity contribution in [3.8, 4) is 23.0 Å². The smallest absolute Gasteiger partial charge is 0.185 e. The molecule has 1 aliphatic carbocycles. The molecule has 1 aliphatic rings. The fourth-order valence-electron chi connectivity index (χ4n) is 3.75. The molecule has 1 atom stereocenters. The highest BCUT2D eigenvalue weighted by atomic mass is 16.5. The summed E-state index contributed by atoms with van der Waals surface area (Å²) in [6.07, 6.45) is 5.39. The number of Topliss-reactive ketones (excluding diaryl/α,β-unsaturated/α-hetero) is 1. The van der Waals surface area contributed by atoms with Crippen molar-refractivity contribution in [1.29, 1.82) is 0 Å². The average molecular weight is 408 g/mol. The molecular weight excluding hydrogens is 380 g/mol. The fourth-order valence-corrected chi connectivity index (χ4v) is 3.75. The fraction of sp³-hybridized carbons (Fsp3) is 0.320. The van der Waals surface area contributed by atoms with Crippen LogP contribution in [-0.2, 0) is 4.79 Å². The van der Waals surface area contributed by atoms with Crippen molar-refractivity contribution in [3.05, 3.63) is 58.7 Å². The number of benzene rings is 2.